The summed E-state index contributed by atoms with van der Waals surface area (Å²) in [5.41, 5.74) is -0.105. The Kier molecular flexibility index (Phi) is 11.4. The van der Waals surface area contributed by atoms with Crippen molar-refractivity contribution in [1.29, 1.82) is 0 Å². The molecule has 1 aromatic rings. The number of pyridine rings is 1. The highest BCUT2D eigenvalue weighted by molar-refractivity contribution is 5.87. The molecule has 3 unspecified atom stereocenters. The molecule has 1 aromatic heterocycles. The number of aromatic carboxylic acids is 1. The molecule has 1 amide bonds. The molecule has 0 radical (unpaired) electrons. The summed E-state index contributed by atoms with van der Waals surface area (Å²) in [6.07, 6.45) is 9.73. The molecule has 4 rings (SSSR count). The second-order valence-corrected chi connectivity index (χ2v) is 9.43. The van der Waals surface area contributed by atoms with Crippen LogP contribution in [0, 0.1) is 5.92 Å². The molecule has 5 atom stereocenters. The zero-order chi connectivity index (χ0) is 26.9. The van der Waals surface area contributed by atoms with Crippen LogP contribution in [0.1, 0.15) is 55.6 Å². The summed E-state index contributed by atoms with van der Waals surface area (Å²) in [6.45, 7) is 4.20. The van der Waals surface area contributed by atoms with Gasteiger partial charge in [0.2, 0.25) is 6.41 Å². The molecule has 36 heavy (non-hydrogen) atoms. The lowest BCUT2D eigenvalue weighted by Crippen LogP contribution is -2.56. The predicted molar refractivity (Wildman–Crippen MR) is 131 cm³/mol. The number of carboxylic acids is 1. The van der Waals surface area contributed by atoms with Crippen molar-refractivity contribution in [2.24, 2.45) is 5.92 Å². The molecule has 0 spiro atoms. The van der Waals surface area contributed by atoms with Crippen LogP contribution in [0.2, 0.25) is 0 Å². The van der Waals surface area contributed by atoms with E-state index in [9.17, 15) is 14.0 Å². The monoisotopic (exact) mass is 510 g/mol. The van der Waals surface area contributed by atoms with Crippen LogP contribution in [0.5, 0.6) is 0 Å². The van der Waals surface area contributed by atoms with E-state index in [4.69, 9.17) is 24.4 Å². The number of hydrogen-bond donors (Lipinski definition) is 2. The predicted octanol–water partition coefficient (Wildman–Crippen LogP) is 2.97. The van der Waals surface area contributed by atoms with Gasteiger partial charge in [-0.3, -0.25) is 9.78 Å². The molecular weight excluding hydrogens is 471 g/mol. The van der Waals surface area contributed by atoms with Crippen LogP contribution in [0.25, 0.3) is 0 Å². The zero-order valence-electron chi connectivity index (χ0n) is 21.7. The van der Waals surface area contributed by atoms with Crippen molar-refractivity contribution >= 4 is 12.4 Å². The first-order valence-electron chi connectivity index (χ1n) is 12.1. The maximum absolute atomic E-state index is 14.0. The minimum Gasteiger partial charge on any atom is -0.478 e. The van der Waals surface area contributed by atoms with Gasteiger partial charge in [0.25, 0.3) is 0 Å². The Labute approximate surface area is 212 Å². The normalized spacial score (nSPS) is 27.8. The molecule has 2 saturated heterocycles. The highest BCUT2D eigenvalue weighted by atomic mass is 19.1. The van der Waals surface area contributed by atoms with Gasteiger partial charge in [0.05, 0.1) is 48.8 Å². The summed E-state index contributed by atoms with van der Waals surface area (Å²) in [5.74, 6) is -0.695. The van der Waals surface area contributed by atoms with Crippen molar-refractivity contribution in [3.63, 3.8) is 0 Å². The van der Waals surface area contributed by atoms with Crippen molar-refractivity contribution in [3.8, 4) is 0 Å². The second-order valence-electron chi connectivity index (χ2n) is 9.43. The van der Waals surface area contributed by atoms with Crippen LogP contribution in [0.3, 0.4) is 0 Å². The third kappa shape index (κ3) is 7.55. The lowest BCUT2D eigenvalue weighted by Gasteiger charge is -2.41. The lowest BCUT2D eigenvalue weighted by molar-refractivity contribution is -0.132. The third-order valence-corrected chi connectivity index (χ3v) is 6.73. The molecule has 0 aromatic carbocycles. The smallest absolute Gasteiger partial charge is 0.337 e. The van der Waals surface area contributed by atoms with Gasteiger partial charge in [0, 0.05) is 33.4 Å². The fraction of sp³-hybridized carbons (Fsp3) is 0.654. The maximum Gasteiger partial charge on any atom is 0.337 e. The number of carbonyl (C=O) groups is 2. The Morgan fingerprint density at radius 2 is 1.83 bits per heavy atom. The van der Waals surface area contributed by atoms with Crippen LogP contribution in [0.15, 0.2) is 30.0 Å². The minimum absolute atomic E-state index is 0.0129. The topological polar surface area (TPSA) is 122 Å². The number of ether oxygens (including phenoxy) is 3. The number of methoxy groups -OCH3 is 2. The Bertz CT molecular complexity index is 858. The van der Waals surface area contributed by atoms with Gasteiger partial charge in [-0.1, -0.05) is 11.6 Å². The first-order chi connectivity index (χ1) is 17.2. The fourth-order valence-corrected chi connectivity index (χ4v) is 4.77. The number of aliphatic hydroxyl groups excluding tert-OH is 1. The Balaban J connectivity index is 0.000000239. The Morgan fingerprint density at radius 3 is 2.28 bits per heavy atom. The average Bonchev–Trinajstić information content (AvgIpc) is 3.65. The molecule has 3 aliphatic rings. The van der Waals surface area contributed by atoms with E-state index in [0.29, 0.717) is 36.7 Å². The van der Waals surface area contributed by atoms with Crippen molar-refractivity contribution in [2.75, 3.05) is 34.4 Å². The van der Waals surface area contributed by atoms with E-state index >= 15 is 0 Å². The summed E-state index contributed by atoms with van der Waals surface area (Å²) in [6, 6.07) is 2.64. The Hall–Kier alpha value is -2.40. The van der Waals surface area contributed by atoms with Crippen molar-refractivity contribution in [1.82, 2.24) is 9.88 Å². The van der Waals surface area contributed by atoms with Crippen molar-refractivity contribution < 1.29 is 38.4 Å². The van der Waals surface area contributed by atoms with Gasteiger partial charge >= 0.3 is 5.97 Å². The second kappa shape index (κ2) is 13.8. The highest BCUT2D eigenvalue weighted by Gasteiger charge is 2.51. The van der Waals surface area contributed by atoms with Crippen LogP contribution >= 0.6 is 0 Å². The molecule has 0 bridgehead atoms. The molecule has 10 heteroatoms. The number of halogens is 1. The number of epoxide rings is 1. The third-order valence-electron chi connectivity index (χ3n) is 6.73. The van der Waals surface area contributed by atoms with Gasteiger partial charge < -0.3 is 29.3 Å². The first kappa shape index (κ1) is 29.8. The summed E-state index contributed by atoms with van der Waals surface area (Å²) < 4.78 is 31.1. The number of alkyl halides is 1. The fourth-order valence-electron chi connectivity index (χ4n) is 4.77. The maximum atomic E-state index is 14.0. The van der Waals surface area contributed by atoms with Gasteiger partial charge in [-0.15, -0.1) is 0 Å². The number of aliphatic hydroxyl groups is 1. The van der Waals surface area contributed by atoms with Crippen molar-refractivity contribution in [3.05, 3.63) is 41.2 Å². The van der Waals surface area contributed by atoms with Gasteiger partial charge in [0.1, 0.15) is 0 Å². The molecule has 3 fully saturated rings. The standard InChI is InChI=1S/C15H26O3.C10H9FN2O3.CH4O/c1-10(2)8-9-13-15(18-13)14-11(16-3)6-5-7-12(14)17-4;11-10(4-13(5-10)6-14)8-2-1-7(3-12-8)9(15)16;1-2/h8,11-15H,5-7,9H2,1-4H3;1-3,6H,4-5H2,(H,15,16);2H,1H3/t11-,12?,13-,14?,15?;;/m1../s1. The van der Waals surface area contributed by atoms with Crippen LogP contribution in [-0.2, 0) is 24.7 Å². The molecule has 2 aliphatic heterocycles. The molecule has 1 saturated carbocycles. The van der Waals surface area contributed by atoms with Gasteiger partial charge in [-0.25, -0.2) is 9.18 Å². The van der Waals surface area contributed by atoms with Gasteiger partial charge in [-0.2, -0.15) is 0 Å². The van der Waals surface area contributed by atoms with E-state index in [1.165, 1.54) is 29.0 Å². The molecule has 3 heterocycles. The first-order valence-corrected chi connectivity index (χ1v) is 12.1. The SMILES string of the molecule is CO.COC1CCC[C@@H](OC)C1C1O[C@@H]1CC=C(C)C.O=CN1CC(F)(c2ccc(C(=O)O)cn2)C1. The van der Waals surface area contributed by atoms with E-state index in [0.717, 1.165) is 32.6 Å². The molecular formula is C26H39FN2O7. The van der Waals surface area contributed by atoms with E-state index < -0.39 is 11.6 Å². The van der Waals surface area contributed by atoms with E-state index in [2.05, 4.69) is 24.9 Å². The van der Waals surface area contributed by atoms with E-state index in [1.54, 1.807) is 0 Å². The number of aromatic nitrogens is 1. The van der Waals surface area contributed by atoms with E-state index in [-0.39, 0.29) is 24.3 Å². The lowest BCUT2D eigenvalue weighted by atomic mass is 9.80. The summed E-state index contributed by atoms with van der Waals surface area (Å²) in [7, 11) is 4.62. The summed E-state index contributed by atoms with van der Waals surface area (Å²) in [5, 5.41) is 15.6. The number of rotatable bonds is 8. The number of amides is 1. The molecule has 2 N–H and O–H groups in total. The van der Waals surface area contributed by atoms with Crippen molar-refractivity contribution in [2.45, 2.75) is 69.6 Å². The highest BCUT2D eigenvalue weighted by Crippen LogP contribution is 2.42. The number of likely N-dealkylation sites (tertiary alicyclic amines) is 1. The van der Waals surface area contributed by atoms with E-state index in [1.807, 2.05) is 14.2 Å². The summed E-state index contributed by atoms with van der Waals surface area (Å²) in [4.78, 5) is 25.9. The number of nitrogens with zero attached hydrogens (tertiary/aromatic N) is 2. The van der Waals surface area contributed by atoms with Gasteiger partial charge in [0.15, 0.2) is 5.67 Å². The molecule has 202 valence electrons. The minimum atomic E-state index is -1.64. The average molecular weight is 511 g/mol. The van der Waals surface area contributed by atoms with Crippen LogP contribution in [0.4, 0.5) is 4.39 Å². The number of hydrogen-bond acceptors (Lipinski definition) is 7. The number of allylic oxidation sites excluding steroid dienone is 1. The van der Waals surface area contributed by atoms with Crippen LogP contribution in [-0.4, -0.2) is 91.3 Å². The van der Waals surface area contributed by atoms with Gasteiger partial charge in [-0.05, 0) is 51.7 Å². The summed E-state index contributed by atoms with van der Waals surface area (Å²) >= 11 is 0. The Morgan fingerprint density at radius 1 is 1.22 bits per heavy atom. The van der Waals surface area contributed by atoms with Crippen LogP contribution < -0.4 is 0 Å². The zero-order valence-corrected chi connectivity index (χ0v) is 21.7. The largest absolute Gasteiger partial charge is 0.478 e. The quantitative estimate of drug-likeness (QED) is 0.311. The molecule has 9 nitrogen and oxygen atoms in total. The number of carbonyl (C=O) groups excluding carboxylic acids is 1. The number of carboxylic acid groups (broad SMARTS) is 1. The molecule has 1 aliphatic carbocycles.